The molecule has 0 N–H and O–H groups in total. The van der Waals surface area contributed by atoms with Crippen molar-refractivity contribution in [1.82, 2.24) is 0 Å². The van der Waals surface area contributed by atoms with E-state index in [-0.39, 0.29) is 0 Å². The molecule has 0 aliphatic rings. The van der Waals surface area contributed by atoms with Gasteiger partial charge < -0.3 is 13.8 Å². The van der Waals surface area contributed by atoms with Crippen LogP contribution in [0.15, 0.2) is 30.3 Å². The molecule has 0 radical (unpaired) electrons. The number of esters is 1. The van der Waals surface area contributed by atoms with E-state index >= 15 is 0 Å². The van der Waals surface area contributed by atoms with E-state index in [0.717, 1.165) is 0 Å². The Bertz CT molecular complexity index is 444. The minimum absolute atomic E-state index is 0.292. The minimum atomic E-state index is -2.53. The highest BCUT2D eigenvalue weighted by atomic mass is 32.9. The second-order valence-corrected chi connectivity index (χ2v) is 9.97. The van der Waals surface area contributed by atoms with E-state index in [1.54, 1.807) is 25.3 Å². The number of benzene rings is 1. The summed E-state index contributed by atoms with van der Waals surface area (Å²) in [5.74, 6) is -0.450. The smallest absolute Gasteiger partial charge is 0.340 e. The van der Waals surface area contributed by atoms with Crippen molar-refractivity contribution in [1.29, 1.82) is 0 Å². The van der Waals surface area contributed by atoms with E-state index < -0.39 is 17.8 Å². The molecule has 1 unspecified atom stereocenters. The first-order chi connectivity index (χ1) is 9.06. The lowest BCUT2D eigenvalue weighted by Crippen LogP contribution is -2.18. The SMILES string of the molecule is CCOC(=O)[C@@H](OP(=S)(OC)SC)c1ccccc1. The quantitative estimate of drug-likeness (QED) is 0.565. The summed E-state index contributed by atoms with van der Waals surface area (Å²) in [6, 6.07) is 9.14. The van der Waals surface area contributed by atoms with E-state index in [1.165, 1.54) is 18.5 Å². The van der Waals surface area contributed by atoms with E-state index in [4.69, 9.17) is 25.6 Å². The Morgan fingerprint density at radius 1 is 1.42 bits per heavy atom. The Balaban J connectivity index is 3.00. The Labute approximate surface area is 122 Å². The van der Waals surface area contributed by atoms with Gasteiger partial charge in [0.2, 0.25) is 5.69 Å². The van der Waals surface area contributed by atoms with Gasteiger partial charge in [-0.25, -0.2) is 4.79 Å². The van der Waals surface area contributed by atoms with Crippen molar-refractivity contribution in [3.05, 3.63) is 35.9 Å². The lowest BCUT2D eigenvalue weighted by atomic mass is 10.1. The van der Waals surface area contributed by atoms with Gasteiger partial charge in [-0.1, -0.05) is 41.7 Å². The van der Waals surface area contributed by atoms with Crippen LogP contribution in [0.4, 0.5) is 0 Å². The second-order valence-electron chi connectivity index (χ2n) is 3.46. The molecule has 0 fully saturated rings. The molecule has 0 bridgehead atoms. The first kappa shape index (κ1) is 16.7. The number of ether oxygens (including phenoxy) is 1. The molecule has 0 aliphatic heterocycles. The zero-order valence-electron chi connectivity index (χ0n) is 11.1. The van der Waals surface area contributed by atoms with Crippen LogP contribution in [0.25, 0.3) is 0 Å². The van der Waals surface area contributed by atoms with Crippen molar-refractivity contribution in [2.45, 2.75) is 13.0 Å². The average molecular weight is 320 g/mol. The van der Waals surface area contributed by atoms with Gasteiger partial charge in [0.25, 0.3) is 0 Å². The molecule has 1 rings (SSSR count). The zero-order valence-corrected chi connectivity index (χ0v) is 13.6. The van der Waals surface area contributed by atoms with Gasteiger partial charge in [0, 0.05) is 7.11 Å². The molecule has 7 heteroatoms. The van der Waals surface area contributed by atoms with E-state index in [9.17, 15) is 4.79 Å². The van der Waals surface area contributed by atoms with E-state index in [2.05, 4.69) is 0 Å². The summed E-state index contributed by atoms with van der Waals surface area (Å²) in [4.78, 5) is 12.0. The summed E-state index contributed by atoms with van der Waals surface area (Å²) in [6.45, 7) is 2.04. The van der Waals surface area contributed by atoms with Crippen LogP contribution in [0.1, 0.15) is 18.6 Å². The number of hydrogen-bond donors (Lipinski definition) is 0. The van der Waals surface area contributed by atoms with Crippen LogP contribution in [0.2, 0.25) is 0 Å². The summed E-state index contributed by atoms with van der Waals surface area (Å²) in [7, 11) is 1.49. The molecule has 0 amide bonds. The summed E-state index contributed by atoms with van der Waals surface area (Å²) in [5.41, 5.74) is -1.82. The Hall–Kier alpha value is -0.390. The van der Waals surface area contributed by atoms with Gasteiger partial charge in [-0.05, 0) is 30.5 Å². The minimum Gasteiger partial charge on any atom is -0.464 e. The van der Waals surface area contributed by atoms with E-state index in [1.807, 2.05) is 18.2 Å². The van der Waals surface area contributed by atoms with Crippen molar-refractivity contribution in [2.24, 2.45) is 0 Å². The fraction of sp³-hybridized carbons (Fsp3) is 0.417. The van der Waals surface area contributed by atoms with Gasteiger partial charge in [-0.15, -0.1) is 0 Å². The normalized spacial score (nSPS) is 15.5. The topological polar surface area (TPSA) is 44.8 Å². The maximum atomic E-state index is 12.0. The Kier molecular flexibility index (Phi) is 7.04. The Morgan fingerprint density at radius 3 is 2.53 bits per heavy atom. The number of hydrogen-bond acceptors (Lipinski definition) is 6. The van der Waals surface area contributed by atoms with Gasteiger partial charge in [0.05, 0.1) is 6.61 Å². The third kappa shape index (κ3) is 4.89. The molecule has 2 atom stereocenters. The first-order valence-corrected chi connectivity index (χ1v) is 10.1. The van der Waals surface area contributed by atoms with Crippen LogP contribution in [0.3, 0.4) is 0 Å². The zero-order chi connectivity index (χ0) is 14.3. The molecule has 0 aromatic heterocycles. The molecule has 0 saturated heterocycles. The molecule has 0 heterocycles. The highest BCUT2D eigenvalue weighted by molar-refractivity contribution is 8.67. The molecule has 0 aliphatic carbocycles. The average Bonchev–Trinajstić information content (AvgIpc) is 2.45. The van der Waals surface area contributed by atoms with Crippen LogP contribution in [-0.2, 0) is 30.4 Å². The largest absolute Gasteiger partial charge is 0.464 e. The number of carbonyl (C=O) groups excluding carboxylic acids is 1. The van der Waals surface area contributed by atoms with Crippen molar-refractivity contribution in [2.75, 3.05) is 20.0 Å². The lowest BCUT2D eigenvalue weighted by Gasteiger charge is -2.23. The summed E-state index contributed by atoms with van der Waals surface area (Å²) < 4.78 is 16.0. The lowest BCUT2D eigenvalue weighted by molar-refractivity contribution is -0.151. The van der Waals surface area contributed by atoms with Crippen molar-refractivity contribution in [3.8, 4) is 0 Å². The molecule has 19 heavy (non-hydrogen) atoms. The van der Waals surface area contributed by atoms with Gasteiger partial charge in [-0.3, -0.25) is 0 Å². The van der Waals surface area contributed by atoms with Crippen LogP contribution >= 0.6 is 17.1 Å². The number of rotatable bonds is 7. The fourth-order valence-corrected chi connectivity index (χ4v) is 3.38. The van der Waals surface area contributed by atoms with Crippen LogP contribution in [0.5, 0.6) is 0 Å². The van der Waals surface area contributed by atoms with Gasteiger partial charge >= 0.3 is 5.97 Å². The summed E-state index contributed by atoms with van der Waals surface area (Å²) >= 11 is 6.61. The molecule has 1 aromatic carbocycles. The standard InChI is InChI=1S/C12H17O4PS2/c1-4-15-12(13)11(10-8-6-5-7-9-10)16-17(18,14-2)19-3/h5-9,11H,4H2,1-3H3/t11-,17?/m0/s1. The van der Waals surface area contributed by atoms with E-state index in [0.29, 0.717) is 12.2 Å². The van der Waals surface area contributed by atoms with Gasteiger partial charge in [0.15, 0.2) is 6.10 Å². The number of carbonyl (C=O) groups is 1. The molecule has 1 aromatic rings. The van der Waals surface area contributed by atoms with Crippen LogP contribution in [-0.4, -0.2) is 25.9 Å². The summed E-state index contributed by atoms with van der Waals surface area (Å²) in [5, 5.41) is 0. The van der Waals surface area contributed by atoms with Gasteiger partial charge in [-0.2, -0.15) is 0 Å². The molecule has 0 spiro atoms. The monoisotopic (exact) mass is 320 g/mol. The molecular formula is C12H17O4PS2. The van der Waals surface area contributed by atoms with Crippen molar-refractivity contribution < 1.29 is 18.6 Å². The van der Waals surface area contributed by atoms with Crippen molar-refractivity contribution in [3.63, 3.8) is 0 Å². The highest BCUT2D eigenvalue weighted by Crippen LogP contribution is 2.61. The highest BCUT2D eigenvalue weighted by Gasteiger charge is 2.30. The second kappa shape index (κ2) is 8.02. The Morgan fingerprint density at radius 2 is 2.05 bits per heavy atom. The first-order valence-electron chi connectivity index (χ1n) is 5.67. The molecule has 106 valence electrons. The molecule has 0 saturated carbocycles. The molecule has 4 nitrogen and oxygen atoms in total. The van der Waals surface area contributed by atoms with Crippen molar-refractivity contribution >= 4 is 34.9 Å². The predicted molar refractivity (Wildman–Crippen MR) is 81.7 cm³/mol. The predicted octanol–water partition coefficient (Wildman–Crippen LogP) is 3.54. The third-order valence-corrected chi connectivity index (χ3v) is 7.74. The van der Waals surface area contributed by atoms with Crippen LogP contribution < -0.4 is 0 Å². The summed E-state index contributed by atoms with van der Waals surface area (Å²) in [6.07, 6.45) is 0.955. The molecular weight excluding hydrogens is 303 g/mol. The third-order valence-electron chi connectivity index (χ3n) is 2.28. The maximum absolute atomic E-state index is 12.0. The van der Waals surface area contributed by atoms with Crippen LogP contribution in [0, 0.1) is 0 Å². The van der Waals surface area contributed by atoms with Gasteiger partial charge in [0.1, 0.15) is 0 Å². The fourth-order valence-electron chi connectivity index (χ4n) is 1.38. The maximum Gasteiger partial charge on any atom is 0.340 e.